The molecule has 0 aromatic heterocycles. The normalized spacial score (nSPS) is 19.7. The lowest BCUT2D eigenvalue weighted by atomic mass is 9.77. The van der Waals surface area contributed by atoms with Gasteiger partial charge in [0.15, 0.2) is 0 Å². The largest absolute Gasteiger partial charge is 0.438 e. The fourth-order valence-corrected chi connectivity index (χ4v) is 3.72. The Morgan fingerprint density at radius 1 is 1.35 bits per heavy atom. The van der Waals surface area contributed by atoms with Crippen LogP contribution in [0.15, 0.2) is 24.3 Å². The van der Waals surface area contributed by atoms with Gasteiger partial charge in [-0.1, -0.05) is 26.3 Å². The van der Waals surface area contributed by atoms with Gasteiger partial charge in [0.05, 0.1) is 11.8 Å². The Morgan fingerprint density at radius 2 is 2.09 bits per heavy atom. The maximum atomic E-state index is 11.9. The first-order chi connectivity index (χ1) is 11.1. The highest BCUT2D eigenvalue weighted by Gasteiger charge is 2.43. The van der Waals surface area contributed by atoms with E-state index in [2.05, 4.69) is 31.3 Å². The van der Waals surface area contributed by atoms with Crippen LogP contribution in [0.2, 0.25) is 0 Å². The van der Waals surface area contributed by atoms with Crippen molar-refractivity contribution in [3.05, 3.63) is 35.4 Å². The van der Waals surface area contributed by atoms with Crippen LogP contribution in [0, 0.1) is 17.2 Å². The molecule has 1 aromatic rings. The van der Waals surface area contributed by atoms with Crippen LogP contribution in [0.25, 0.3) is 5.57 Å². The smallest absolute Gasteiger partial charge is 0.412 e. The zero-order valence-corrected chi connectivity index (χ0v) is 13.7. The molecule has 0 atom stereocenters. The minimum atomic E-state index is -0.499. The third kappa shape index (κ3) is 2.84. The second kappa shape index (κ2) is 6.08. The van der Waals surface area contributed by atoms with Gasteiger partial charge in [-0.25, -0.2) is 4.79 Å². The number of hydrogen-bond donors (Lipinski definition) is 1. The molecule has 1 amide bonds. The van der Waals surface area contributed by atoms with Crippen molar-refractivity contribution in [1.82, 2.24) is 0 Å². The van der Waals surface area contributed by atoms with Gasteiger partial charge < -0.3 is 4.74 Å². The van der Waals surface area contributed by atoms with Crippen molar-refractivity contribution in [3.8, 4) is 6.07 Å². The van der Waals surface area contributed by atoms with Gasteiger partial charge in [0.1, 0.15) is 5.60 Å². The van der Waals surface area contributed by atoms with Crippen molar-refractivity contribution in [1.29, 1.82) is 5.26 Å². The van der Waals surface area contributed by atoms with Crippen LogP contribution >= 0.6 is 0 Å². The molecule has 0 saturated heterocycles. The summed E-state index contributed by atoms with van der Waals surface area (Å²) in [7, 11) is 0. The van der Waals surface area contributed by atoms with Crippen molar-refractivity contribution in [2.24, 2.45) is 5.92 Å². The van der Waals surface area contributed by atoms with Crippen LogP contribution in [0.3, 0.4) is 0 Å². The highest BCUT2D eigenvalue weighted by atomic mass is 16.6. The molecule has 0 unspecified atom stereocenters. The fraction of sp³-hybridized carbons (Fsp3) is 0.474. The predicted molar refractivity (Wildman–Crippen MR) is 89.7 cm³/mol. The van der Waals surface area contributed by atoms with Crippen molar-refractivity contribution >= 4 is 17.4 Å². The Hall–Kier alpha value is -2.28. The fourth-order valence-electron chi connectivity index (χ4n) is 3.72. The molecule has 1 spiro atoms. The molecule has 4 heteroatoms. The summed E-state index contributed by atoms with van der Waals surface area (Å²) in [4.78, 5) is 11.9. The SMILES string of the molecule is CC(C)C(=CC#N)c1ccc2c(c1)C1(CCCCC1)OC(=O)N2. The summed E-state index contributed by atoms with van der Waals surface area (Å²) in [6.07, 6.45) is 6.33. The highest BCUT2D eigenvalue weighted by molar-refractivity contribution is 5.89. The number of nitrogens with one attached hydrogen (secondary N) is 1. The van der Waals surface area contributed by atoms with E-state index in [-0.39, 0.29) is 12.0 Å². The van der Waals surface area contributed by atoms with Crippen molar-refractivity contribution < 1.29 is 9.53 Å². The number of carbonyl (C=O) groups excluding carboxylic acids is 1. The first-order valence-electron chi connectivity index (χ1n) is 8.30. The molecule has 1 aromatic carbocycles. The van der Waals surface area contributed by atoms with E-state index >= 15 is 0 Å². The maximum absolute atomic E-state index is 11.9. The third-order valence-electron chi connectivity index (χ3n) is 4.87. The number of amides is 1. The molecule has 3 rings (SSSR count). The summed E-state index contributed by atoms with van der Waals surface area (Å²) < 4.78 is 5.76. The van der Waals surface area contributed by atoms with Crippen LogP contribution < -0.4 is 5.32 Å². The second-order valence-electron chi connectivity index (χ2n) is 6.71. The van der Waals surface area contributed by atoms with E-state index in [0.29, 0.717) is 0 Å². The summed E-state index contributed by atoms with van der Waals surface area (Å²) in [5.41, 5.74) is 3.44. The van der Waals surface area contributed by atoms with E-state index in [9.17, 15) is 4.79 Å². The van der Waals surface area contributed by atoms with Gasteiger partial charge >= 0.3 is 6.09 Å². The molecule has 120 valence electrons. The van der Waals surface area contributed by atoms with Crippen LogP contribution in [-0.4, -0.2) is 6.09 Å². The standard InChI is InChI=1S/C19H22N2O2/c1-13(2)15(8-11-20)14-6-7-17-16(12-14)19(23-18(22)21-17)9-4-3-5-10-19/h6-8,12-13H,3-5,9-10H2,1-2H3,(H,21,22). The summed E-state index contributed by atoms with van der Waals surface area (Å²) in [5.74, 6) is 0.258. The van der Waals surface area contributed by atoms with Crippen molar-refractivity contribution in [2.45, 2.75) is 51.6 Å². The lowest BCUT2D eigenvalue weighted by Crippen LogP contribution is -2.41. The lowest BCUT2D eigenvalue weighted by molar-refractivity contribution is -0.0179. The van der Waals surface area contributed by atoms with Gasteiger partial charge in [-0.3, -0.25) is 5.32 Å². The van der Waals surface area contributed by atoms with E-state index in [1.165, 1.54) is 6.42 Å². The van der Waals surface area contributed by atoms with Crippen LogP contribution in [-0.2, 0) is 10.3 Å². The molecule has 0 radical (unpaired) electrons. The van der Waals surface area contributed by atoms with E-state index in [1.54, 1.807) is 6.08 Å². The molecule has 1 N–H and O–H groups in total. The first-order valence-corrected chi connectivity index (χ1v) is 8.30. The molecule has 1 saturated carbocycles. The van der Waals surface area contributed by atoms with E-state index in [4.69, 9.17) is 10.00 Å². The zero-order chi connectivity index (χ0) is 16.4. The number of hydrogen-bond acceptors (Lipinski definition) is 3. The van der Waals surface area contributed by atoms with Crippen LogP contribution in [0.1, 0.15) is 57.1 Å². The number of allylic oxidation sites excluding steroid dienone is 2. The Kier molecular flexibility index (Phi) is 4.12. The quantitative estimate of drug-likeness (QED) is 0.784. The maximum Gasteiger partial charge on any atom is 0.412 e. The van der Waals surface area contributed by atoms with Crippen molar-refractivity contribution in [3.63, 3.8) is 0 Å². The molecule has 4 nitrogen and oxygen atoms in total. The lowest BCUT2D eigenvalue weighted by Gasteiger charge is -2.41. The number of anilines is 1. The molecule has 2 aliphatic rings. The summed E-state index contributed by atoms with van der Waals surface area (Å²) in [6, 6.07) is 8.16. The Balaban J connectivity index is 2.10. The van der Waals surface area contributed by atoms with Gasteiger partial charge in [-0.2, -0.15) is 5.26 Å². The average molecular weight is 310 g/mol. The van der Waals surface area contributed by atoms with Gasteiger partial charge in [0, 0.05) is 11.6 Å². The number of benzene rings is 1. The molecule has 1 aliphatic heterocycles. The monoisotopic (exact) mass is 310 g/mol. The molecular weight excluding hydrogens is 288 g/mol. The number of rotatable bonds is 2. The van der Waals surface area contributed by atoms with Crippen LogP contribution in [0.4, 0.5) is 10.5 Å². The zero-order valence-electron chi connectivity index (χ0n) is 13.7. The Labute approximate surface area is 137 Å². The molecule has 23 heavy (non-hydrogen) atoms. The Morgan fingerprint density at radius 3 is 2.74 bits per heavy atom. The number of ether oxygens (including phenoxy) is 1. The first kappa shape index (κ1) is 15.6. The highest BCUT2D eigenvalue weighted by Crippen LogP contribution is 2.47. The number of nitriles is 1. The summed E-state index contributed by atoms with van der Waals surface area (Å²) in [5, 5.41) is 11.9. The van der Waals surface area contributed by atoms with Gasteiger partial charge in [-0.15, -0.1) is 0 Å². The second-order valence-corrected chi connectivity index (χ2v) is 6.71. The van der Waals surface area contributed by atoms with E-state index in [1.807, 2.05) is 12.1 Å². The van der Waals surface area contributed by atoms with E-state index < -0.39 is 5.60 Å². The van der Waals surface area contributed by atoms with Gasteiger partial charge in [-0.05, 0) is 54.9 Å². The number of nitrogens with zero attached hydrogens (tertiary/aromatic N) is 1. The molecule has 1 heterocycles. The minimum Gasteiger partial charge on any atom is -0.438 e. The number of fused-ring (bicyclic) bond motifs is 2. The predicted octanol–water partition coefficient (Wildman–Crippen LogP) is 4.97. The van der Waals surface area contributed by atoms with Crippen LogP contribution in [0.5, 0.6) is 0 Å². The molecule has 1 aliphatic carbocycles. The summed E-state index contributed by atoms with van der Waals surface area (Å²) in [6.45, 7) is 4.16. The number of carbonyl (C=O) groups is 1. The molecule has 1 fully saturated rings. The minimum absolute atomic E-state index is 0.258. The third-order valence-corrected chi connectivity index (χ3v) is 4.87. The van der Waals surface area contributed by atoms with Crippen molar-refractivity contribution in [2.75, 3.05) is 5.32 Å². The van der Waals surface area contributed by atoms with Gasteiger partial charge in [0.2, 0.25) is 0 Å². The Bertz CT molecular complexity index is 692. The average Bonchev–Trinajstić information content (AvgIpc) is 2.53. The summed E-state index contributed by atoms with van der Waals surface area (Å²) >= 11 is 0. The van der Waals surface area contributed by atoms with Gasteiger partial charge in [0.25, 0.3) is 0 Å². The topological polar surface area (TPSA) is 62.1 Å². The molecule has 0 bridgehead atoms. The van der Waals surface area contributed by atoms with E-state index in [0.717, 1.165) is 48.1 Å². The molecular formula is C19H22N2O2.